The number of methoxy groups -OCH3 is 1. The lowest BCUT2D eigenvalue weighted by Crippen LogP contribution is -2.15. The van der Waals surface area contributed by atoms with E-state index in [-0.39, 0.29) is 5.92 Å². The van der Waals surface area contributed by atoms with Crippen LogP contribution in [0.2, 0.25) is 10.0 Å². The van der Waals surface area contributed by atoms with Gasteiger partial charge in [0.15, 0.2) is 0 Å². The number of hydrogen-bond acceptors (Lipinski definition) is 2. The van der Waals surface area contributed by atoms with Crippen LogP contribution >= 0.6 is 23.2 Å². The molecule has 0 fully saturated rings. The van der Waals surface area contributed by atoms with Gasteiger partial charge in [0.1, 0.15) is 5.75 Å². The van der Waals surface area contributed by atoms with Crippen molar-refractivity contribution in [2.75, 3.05) is 13.7 Å². The zero-order valence-electron chi connectivity index (χ0n) is 11.3. The number of hydrogen-bond donors (Lipinski definition) is 1. The van der Waals surface area contributed by atoms with Gasteiger partial charge in [-0.05, 0) is 48.4 Å². The molecule has 2 aromatic carbocycles. The second-order valence-electron chi connectivity index (χ2n) is 4.61. The average molecular weight is 310 g/mol. The van der Waals surface area contributed by atoms with Gasteiger partial charge in [-0.15, -0.1) is 0 Å². The molecule has 0 bridgehead atoms. The second kappa shape index (κ2) is 6.98. The number of ether oxygens (including phenoxy) is 1. The van der Waals surface area contributed by atoms with Crippen molar-refractivity contribution >= 4 is 23.2 Å². The molecule has 0 amide bonds. The van der Waals surface area contributed by atoms with Crippen molar-refractivity contribution in [3.63, 3.8) is 0 Å². The molecule has 0 aromatic heterocycles. The first-order valence-corrected chi connectivity index (χ1v) is 7.18. The van der Waals surface area contributed by atoms with Gasteiger partial charge in [0, 0.05) is 16.0 Å². The largest absolute Gasteiger partial charge is 0.497 e. The maximum atomic E-state index is 6.22. The van der Waals surface area contributed by atoms with Crippen LogP contribution in [0.5, 0.6) is 5.75 Å². The first-order chi connectivity index (χ1) is 9.65. The number of rotatable bonds is 5. The minimum absolute atomic E-state index is 0.179. The highest BCUT2D eigenvalue weighted by Crippen LogP contribution is 2.30. The Labute approximate surface area is 129 Å². The summed E-state index contributed by atoms with van der Waals surface area (Å²) in [5.74, 6) is 1.01. The first-order valence-electron chi connectivity index (χ1n) is 6.42. The highest BCUT2D eigenvalue weighted by molar-refractivity contribution is 6.36. The molecule has 0 aliphatic carbocycles. The SMILES string of the molecule is COc1ccc(C(CN)Cc2c(Cl)cccc2Cl)cc1. The van der Waals surface area contributed by atoms with E-state index >= 15 is 0 Å². The molecule has 0 spiro atoms. The van der Waals surface area contributed by atoms with Gasteiger partial charge in [-0.1, -0.05) is 41.4 Å². The third kappa shape index (κ3) is 3.45. The topological polar surface area (TPSA) is 35.2 Å². The molecule has 0 aliphatic rings. The van der Waals surface area contributed by atoms with Crippen molar-refractivity contribution in [3.8, 4) is 5.75 Å². The Kier molecular flexibility index (Phi) is 5.30. The van der Waals surface area contributed by atoms with Crippen molar-refractivity contribution in [1.82, 2.24) is 0 Å². The lowest BCUT2D eigenvalue weighted by molar-refractivity contribution is 0.414. The Hall–Kier alpha value is -1.22. The van der Waals surface area contributed by atoms with Crippen molar-refractivity contribution < 1.29 is 4.74 Å². The highest BCUT2D eigenvalue weighted by atomic mass is 35.5. The van der Waals surface area contributed by atoms with Crippen molar-refractivity contribution in [2.45, 2.75) is 12.3 Å². The van der Waals surface area contributed by atoms with E-state index in [0.29, 0.717) is 16.6 Å². The summed E-state index contributed by atoms with van der Waals surface area (Å²) in [5.41, 5.74) is 8.01. The molecule has 2 aromatic rings. The van der Waals surface area contributed by atoms with E-state index in [0.717, 1.165) is 23.3 Å². The van der Waals surface area contributed by atoms with Gasteiger partial charge < -0.3 is 10.5 Å². The van der Waals surface area contributed by atoms with E-state index in [4.69, 9.17) is 33.7 Å². The summed E-state index contributed by atoms with van der Waals surface area (Å²) in [5, 5.41) is 1.37. The summed E-state index contributed by atoms with van der Waals surface area (Å²) in [4.78, 5) is 0. The van der Waals surface area contributed by atoms with Crippen molar-refractivity contribution in [2.24, 2.45) is 5.73 Å². The normalized spacial score (nSPS) is 12.2. The summed E-state index contributed by atoms with van der Waals surface area (Å²) in [6, 6.07) is 13.5. The molecule has 2 rings (SSSR count). The monoisotopic (exact) mass is 309 g/mol. The molecule has 106 valence electrons. The average Bonchev–Trinajstić information content (AvgIpc) is 2.47. The van der Waals surface area contributed by atoms with Crippen LogP contribution in [0.15, 0.2) is 42.5 Å². The zero-order valence-corrected chi connectivity index (χ0v) is 12.8. The van der Waals surface area contributed by atoms with Crippen LogP contribution in [0.4, 0.5) is 0 Å². The standard InChI is InChI=1S/C16H17Cl2NO/c1-20-13-7-5-11(6-8-13)12(10-19)9-14-15(17)3-2-4-16(14)18/h2-8,12H,9-10,19H2,1H3. The molecule has 1 atom stereocenters. The van der Waals surface area contributed by atoms with Crippen LogP contribution in [0.25, 0.3) is 0 Å². The quantitative estimate of drug-likeness (QED) is 0.894. The maximum Gasteiger partial charge on any atom is 0.118 e. The molecule has 20 heavy (non-hydrogen) atoms. The maximum absolute atomic E-state index is 6.22. The van der Waals surface area contributed by atoms with Crippen LogP contribution in [0.3, 0.4) is 0 Å². The zero-order chi connectivity index (χ0) is 14.5. The highest BCUT2D eigenvalue weighted by Gasteiger charge is 2.15. The molecule has 0 saturated carbocycles. The van der Waals surface area contributed by atoms with E-state index < -0.39 is 0 Å². The molecule has 2 nitrogen and oxygen atoms in total. The first kappa shape index (κ1) is 15.2. The Morgan fingerprint density at radius 1 is 1.05 bits per heavy atom. The fourth-order valence-corrected chi connectivity index (χ4v) is 2.74. The third-order valence-corrected chi connectivity index (χ3v) is 4.09. The summed E-state index contributed by atoms with van der Waals surface area (Å²) in [7, 11) is 1.65. The van der Waals surface area contributed by atoms with Crippen molar-refractivity contribution in [3.05, 3.63) is 63.6 Å². The lowest BCUT2D eigenvalue weighted by atomic mass is 9.92. The van der Waals surface area contributed by atoms with Gasteiger partial charge in [-0.25, -0.2) is 0 Å². The van der Waals surface area contributed by atoms with Crippen molar-refractivity contribution in [1.29, 1.82) is 0 Å². The van der Waals surface area contributed by atoms with Gasteiger partial charge in [0.05, 0.1) is 7.11 Å². The Morgan fingerprint density at radius 2 is 1.65 bits per heavy atom. The second-order valence-corrected chi connectivity index (χ2v) is 5.42. The molecular weight excluding hydrogens is 293 g/mol. The molecule has 0 aliphatic heterocycles. The summed E-state index contributed by atoms with van der Waals surface area (Å²) >= 11 is 12.4. The van der Waals surface area contributed by atoms with E-state index in [9.17, 15) is 0 Å². The van der Waals surface area contributed by atoms with E-state index in [1.807, 2.05) is 42.5 Å². The van der Waals surface area contributed by atoms with Gasteiger partial charge in [0.25, 0.3) is 0 Å². The van der Waals surface area contributed by atoms with Crippen LogP contribution in [0, 0.1) is 0 Å². The number of halogens is 2. The molecular formula is C16H17Cl2NO. The fourth-order valence-electron chi connectivity index (χ4n) is 2.19. The third-order valence-electron chi connectivity index (χ3n) is 3.38. The predicted octanol–water partition coefficient (Wildman–Crippen LogP) is 4.29. The van der Waals surface area contributed by atoms with E-state index in [2.05, 4.69) is 0 Å². The van der Waals surface area contributed by atoms with E-state index in [1.165, 1.54) is 0 Å². The minimum Gasteiger partial charge on any atom is -0.497 e. The van der Waals surface area contributed by atoms with Crippen LogP contribution in [-0.4, -0.2) is 13.7 Å². The molecule has 4 heteroatoms. The smallest absolute Gasteiger partial charge is 0.118 e. The number of benzene rings is 2. The van der Waals surface area contributed by atoms with E-state index in [1.54, 1.807) is 7.11 Å². The minimum atomic E-state index is 0.179. The predicted molar refractivity (Wildman–Crippen MR) is 85.0 cm³/mol. The van der Waals surface area contributed by atoms with Gasteiger partial charge in [0.2, 0.25) is 0 Å². The van der Waals surface area contributed by atoms with Gasteiger partial charge in [-0.3, -0.25) is 0 Å². The van der Waals surface area contributed by atoms with Gasteiger partial charge >= 0.3 is 0 Å². The van der Waals surface area contributed by atoms with Crippen LogP contribution in [-0.2, 0) is 6.42 Å². The lowest BCUT2D eigenvalue weighted by Gasteiger charge is -2.17. The molecule has 0 heterocycles. The Balaban J connectivity index is 2.24. The Bertz CT molecular complexity index is 549. The fraction of sp³-hybridized carbons (Fsp3) is 0.250. The Morgan fingerprint density at radius 3 is 2.15 bits per heavy atom. The summed E-state index contributed by atoms with van der Waals surface area (Å²) in [6.45, 7) is 0.536. The molecule has 1 unspecified atom stereocenters. The molecule has 2 N–H and O–H groups in total. The molecule has 0 saturated heterocycles. The summed E-state index contributed by atoms with van der Waals surface area (Å²) < 4.78 is 5.17. The van der Waals surface area contributed by atoms with Gasteiger partial charge in [-0.2, -0.15) is 0 Å². The number of nitrogens with two attached hydrogens (primary N) is 1. The van der Waals surface area contributed by atoms with Crippen LogP contribution < -0.4 is 10.5 Å². The van der Waals surface area contributed by atoms with Crippen LogP contribution in [0.1, 0.15) is 17.0 Å². The molecule has 0 radical (unpaired) electrons. The summed E-state index contributed by atoms with van der Waals surface area (Å²) in [6.07, 6.45) is 0.724.